The molecular weight excluding hydrogens is 472 g/mol. The number of ether oxygens (including phenoxy) is 6. The van der Waals surface area contributed by atoms with E-state index in [-0.39, 0.29) is 0 Å². The van der Waals surface area contributed by atoms with Gasteiger partial charge in [0.15, 0.2) is 25.0 Å². The highest BCUT2D eigenvalue weighted by atomic mass is 16.8. The van der Waals surface area contributed by atoms with Crippen molar-refractivity contribution >= 4 is 5.97 Å². The van der Waals surface area contributed by atoms with Gasteiger partial charge < -0.3 is 74.4 Å². The fourth-order valence-electron chi connectivity index (χ4n) is 3.98. The van der Waals surface area contributed by atoms with Gasteiger partial charge in [0.05, 0.1) is 13.2 Å². The van der Waals surface area contributed by atoms with Gasteiger partial charge in [-0.2, -0.15) is 0 Å². The number of methoxy groups -OCH3 is 1. The van der Waals surface area contributed by atoms with Gasteiger partial charge >= 0.3 is 5.97 Å². The van der Waals surface area contributed by atoms with Gasteiger partial charge in [-0.1, -0.05) is 0 Å². The zero-order valence-electron chi connectivity index (χ0n) is 17.9. The number of aliphatic hydroxyl groups excluding tert-OH is 8. The summed E-state index contributed by atoms with van der Waals surface area (Å²) in [7, 11) is 1.11. The SMILES string of the molecule is CO[C@@H]1OC(C(=O)O)[C@H](O)[C@H](O[C@@H]2O[C@H](CO)C(O)[C@@H]2O)C1O[C@@H]1OC(CO)[C@H](O)[C@H](O)C1O. The molecule has 0 amide bonds. The van der Waals surface area contributed by atoms with Crippen LogP contribution in [0.15, 0.2) is 0 Å². The molecule has 3 fully saturated rings. The summed E-state index contributed by atoms with van der Waals surface area (Å²) in [5.74, 6) is -1.60. The first-order valence-corrected chi connectivity index (χ1v) is 10.4. The molecule has 0 bridgehead atoms. The Bertz CT molecular complexity index is 678. The zero-order valence-corrected chi connectivity index (χ0v) is 17.9. The summed E-state index contributed by atoms with van der Waals surface area (Å²) in [4.78, 5) is 11.6. The van der Waals surface area contributed by atoms with Crippen molar-refractivity contribution in [3.63, 3.8) is 0 Å². The average Bonchev–Trinajstić information content (AvgIpc) is 3.09. The fourth-order valence-corrected chi connectivity index (χ4v) is 3.98. The molecule has 0 aromatic rings. The summed E-state index contributed by atoms with van der Waals surface area (Å²) in [6.07, 6.45) is -23.4. The minimum absolute atomic E-state index is 0.683. The van der Waals surface area contributed by atoms with Crippen molar-refractivity contribution in [2.45, 2.75) is 86.0 Å². The minimum Gasteiger partial charge on any atom is -0.479 e. The third kappa shape index (κ3) is 5.20. The normalized spacial score (nSPS) is 49.8. The van der Waals surface area contributed by atoms with E-state index in [0.29, 0.717) is 0 Å². The highest BCUT2D eigenvalue weighted by molar-refractivity contribution is 5.73. The van der Waals surface area contributed by atoms with Crippen LogP contribution in [0.2, 0.25) is 0 Å². The van der Waals surface area contributed by atoms with E-state index in [2.05, 4.69) is 0 Å². The van der Waals surface area contributed by atoms with Crippen LogP contribution < -0.4 is 0 Å². The van der Waals surface area contributed by atoms with Crippen LogP contribution in [0.1, 0.15) is 0 Å². The van der Waals surface area contributed by atoms with E-state index in [9.17, 15) is 50.8 Å². The largest absolute Gasteiger partial charge is 0.479 e. The van der Waals surface area contributed by atoms with Gasteiger partial charge in [-0.05, 0) is 0 Å². The van der Waals surface area contributed by atoms with Crippen molar-refractivity contribution in [1.82, 2.24) is 0 Å². The Balaban J connectivity index is 1.87. The average molecular weight is 502 g/mol. The van der Waals surface area contributed by atoms with Crippen LogP contribution in [0.25, 0.3) is 0 Å². The standard InChI is InChI=1S/C18H30O16/c1-29-18-14(34-17-10(25)8(23)6(21)4(2-19)30-17)12(11(26)13(33-18)15(27)28)32-16-9(24)7(22)5(3-20)31-16/h4-14,16-26H,2-3H2,1H3,(H,27,28)/t4?,5-,6+,7?,8+,9+,10?,11-,12+,13?,14?,16+,17+,18-/m1/s1. The van der Waals surface area contributed by atoms with Gasteiger partial charge in [-0.25, -0.2) is 4.79 Å². The highest BCUT2D eigenvalue weighted by Crippen LogP contribution is 2.33. The zero-order chi connectivity index (χ0) is 25.3. The third-order valence-corrected chi connectivity index (χ3v) is 5.92. The highest BCUT2D eigenvalue weighted by Gasteiger charge is 2.55. The Morgan fingerprint density at radius 2 is 1.15 bits per heavy atom. The molecule has 0 radical (unpaired) electrons. The molecule has 16 heteroatoms. The minimum atomic E-state index is -1.97. The first-order valence-electron chi connectivity index (χ1n) is 10.4. The number of carboxylic acids is 1. The van der Waals surface area contributed by atoms with Crippen LogP contribution in [0.5, 0.6) is 0 Å². The lowest BCUT2D eigenvalue weighted by atomic mass is 9.96. The smallest absolute Gasteiger partial charge is 0.335 e. The van der Waals surface area contributed by atoms with E-state index < -0.39 is 105 Å². The second kappa shape index (κ2) is 11.3. The van der Waals surface area contributed by atoms with Crippen LogP contribution in [-0.2, 0) is 33.2 Å². The first-order chi connectivity index (χ1) is 16.0. The van der Waals surface area contributed by atoms with E-state index >= 15 is 0 Å². The molecule has 34 heavy (non-hydrogen) atoms. The molecule has 0 saturated carbocycles. The second-order valence-corrected chi connectivity index (χ2v) is 8.09. The fraction of sp³-hybridized carbons (Fsp3) is 0.944. The number of aliphatic hydroxyl groups is 8. The summed E-state index contributed by atoms with van der Waals surface area (Å²) in [6, 6.07) is 0. The Kier molecular flexibility index (Phi) is 9.15. The Labute approximate surface area is 192 Å². The molecular formula is C18H30O16. The van der Waals surface area contributed by atoms with Gasteiger partial charge in [0.25, 0.3) is 0 Å². The summed E-state index contributed by atoms with van der Waals surface area (Å²) in [5.41, 5.74) is 0. The maximum Gasteiger partial charge on any atom is 0.335 e. The Hall–Kier alpha value is -1.09. The monoisotopic (exact) mass is 502 g/mol. The predicted molar refractivity (Wildman–Crippen MR) is 101 cm³/mol. The summed E-state index contributed by atoms with van der Waals surface area (Å²) in [5, 5.41) is 89.1. The van der Waals surface area contributed by atoms with Crippen molar-refractivity contribution < 1.29 is 79.2 Å². The van der Waals surface area contributed by atoms with Gasteiger partial charge in [0.2, 0.25) is 0 Å². The van der Waals surface area contributed by atoms with Gasteiger partial charge in [0, 0.05) is 7.11 Å². The lowest BCUT2D eigenvalue weighted by Gasteiger charge is -2.46. The summed E-state index contributed by atoms with van der Waals surface area (Å²) < 4.78 is 32.0. The molecule has 14 atom stereocenters. The molecule has 3 heterocycles. The molecule has 3 saturated heterocycles. The third-order valence-electron chi connectivity index (χ3n) is 5.92. The van der Waals surface area contributed by atoms with Crippen molar-refractivity contribution in [2.24, 2.45) is 0 Å². The van der Waals surface area contributed by atoms with Crippen LogP contribution >= 0.6 is 0 Å². The summed E-state index contributed by atoms with van der Waals surface area (Å²) in [6.45, 7) is -1.44. The van der Waals surface area contributed by atoms with E-state index in [1.807, 2.05) is 0 Å². The second-order valence-electron chi connectivity index (χ2n) is 8.09. The number of hydrogen-bond donors (Lipinski definition) is 9. The predicted octanol–water partition coefficient (Wildman–Crippen LogP) is -6.19. The van der Waals surface area contributed by atoms with Crippen molar-refractivity contribution in [2.75, 3.05) is 20.3 Å². The maximum absolute atomic E-state index is 11.6. The molecule has 0 spiro atoms. The van der Waals surface area contributed by atoms with E-state index in [1.54, 1.807) is 0 Å². The lowest BCUT2D eigenvalue weighted by Crippen LogP contribution is -2.66. The molecule has 9 N–H and O–H groups in total. The first kappa shape index (κ1) is 27.5. The van der Waals surface area contributed by atoms with Gasteiger partial charge in [0.1, 0.15) is 61.0 Å². The number of carboxylic acid groups (broad SMARTS) is 1. The molecule has 198 valence electrons. The Morgan fingerprint density at radius 3 is 1.62 bits per heavy atom. The van der Waals surface area contributed by atoms with E-state index in [0.717, 1.165) is 7.11 Å². The van der Waals surface area contributed by atoms with Gasteiger partial charge in [-0.3, -0.25) is 0 Å². The molecule has 16 nitrogen and oxygen atoms in total. The quantitative estimate of drug-likeness (QED) is 0.150. The van der Waals surface area contributed by atoms with Gasteiger partial charge in [-0.15, -0.1) is 0 Å². The molecule has 3 aliphatic heterocycles. The molecule has 3 rings (SSSR count). The Morgan fingerprint density at radius 1 is 0.676 bits per heavy atom. The van der Waals surface area contributed by atoms with E-state index in [4.69, 9.17) is 28.4 Å². The molecule has 0 aromatic carbocycles. The number of carbonyl (C=O) groups is 1. The molecule has 0 aliphatic carbocycles. The number of hydrogen-bond acceptors (Lipinski definition) is 15. The molecule has 3 aliphatic rings. The maximum atomic E-state index is 11.6. The van der Waals surface area contributed by atoms with Crippen molar-refractivity contribution in [3.05, 3.63) is 0 Å². The van der Waals surface area contributed by atoms with Crippen LogP contribution in [0.4, 0.5) is 0 Å². The topological polar surface area (TPSA) is 255 Å². The summed E-state index contributed by atoms with van der Waals surface area (Å²) >= 11 is 0. The van der Waals surface area contributed by atoms with E-state index in [1.165, 1.54) is 0 Å². The molecule has 5 unspecified atom stereocenters. The van der Waals surface area contributed by atoms with Crippen LogP contribution in [0.3, 0.4) is 0 Å². The number of rotatable bonds is 8. The van der Waals surface area contributed by atoms with Crippen LogP contribution in [0, 0.1) is 0 Å². The lowest BCUT2D eigenvalue weighted by molar-refractivity contribution is -0.374. The van der Waals surface area contributed by atoms with Crippen molar-refractivity contribution in [3.8, 4) is 0 Å². The van der Waals surface area contributed by atoms with Crippen LogP contribution in [-0.4, -0.2) is 158 Å². The number of aliphatic carboxylic acids is 1. The van der Waals surface area contributed by atoms with Crippen molar-refractivity contribution in [1.29, 1.82) is 0 Å². The molecule has 0 aromatic heterocycles.